The van der Waals surface area contributed by atoms with E-state index in [1.165, 1.54) is 0 Å². The number of hydrogen-bond donors (Lipinski definition) is 1. The predicted octanol–water partition coefficient (Wildman–Crippen LogP) is 1.49. The molecule has 0 saturated carbocycles. The number of primary amides is 1. The van der Waals surface area contributed by atoms with Crippen LogP contribution in [0.25, 0.3) is 0 Å². The Labute approximate surface area is 96.5 Å². The number of amides is 1. The quantitative estimate of drug-likeness (QED) is 0.904. The molecule has 0 aliphatic carbocycles. The number of benzene rings is 1. The van der Waals surface area contributed by atoms with Gasteiger partial charge in [0.15, 0.2) is 11.5 Å². The van der Waals surface area contributed by atoms with E-state index in [9.17, 15) is 4.79 Å². The molecule has 0 heterocycles. The van der Waals surface area contributed by atoms with Crippen LogP contribution >= 0.6 is 15.9 Å². The molecule has 0 spiro atoms. The number of carbonyl (C=O) groups is 1. The summed E-state index contributed by atoms with van der Waals surface area (Å²) in [7, 11) is 3.10. The lowest BCUT2D eigenvalue weighted by Crippen LogP contribution is -2.14. The topological polar surface area (TPSA) is 61.5 Å². The summed E-state index contributed by atoms with van der Waals surface area (Å²) >= 11 is 3.34. The minimum Gasteiger partial charge on any atom is -0.493 e. The number of halogens is 1. The van der Waals surface area contributed by atoms with Crippen LogP contribution in [0.2, 0.25) is 0 Å². The van der Waals surface area contributed by atoms with Crippen molar-refractivity contribution in [2.24, 2.45) is 5.73 Å². The summed E-state index contributed by atoms with van der Waals surface area (Å²) in [6, 6.07) is 3.48. The average Bonchev–Trinajstić information content (AvgIpc) is 2.19. The fourth-order valence-corrected chi connectivity index (χ4v) is 1.68. The van der Waals surface area contributed by atoms with Crippen LogP contribution in [0.4, 0.5) is 0 Å². The van der Waals surface area contributed by atoms with Crippen LogP contribution in [0.5, 0.6) is 11.5 Å². The zero-order chi connectivity index (χ0) is 11.4. The van der Waals surface area contributed by atoms with E-state index >= 15 is 0 Å². The molecule has 0 bridgehead atoms. The van der Waals surface area contributed by atoms with Gasteiger partial charge in [-0.1, -0.05) is 15.9 Å². The van der Waals surface area contributed by atoms with Crippen molar-refractivity contribution < 1.29 is 14.3 Å². The molecule has 0 aromatic heterocycles. The minimum atomic E-state index is -0.386. The zero-order valence-corrected chi connectivity index (χ0v) is 10.1. The Morgan fingerprint density at radius 2 is 1.87 bits per heavy atom. The highest BCUT2D eigenvalue weighted by Crippen LogP contribution is 2.33. The lowest BCUT2D eigenvalue weighted by molar-refractivity contribution is -0.117. The van der Waals surface area contributed by atoms with Crippen molar-refractivity contribution in [2.75, 3.05) is 14.2 Å². The molecule has 0 radical (unpaired) electrons. The van der Waals surface area contributed by atoms with Crippen LogP contribution in [0, 0.1) is 0 Å². The molecule has 0 aliphatic rings. The van der Waals surface area contributed by atoms with Crippen molar-refractivity contribution in [1.29, 1.82) is 0 Å². The molecular weight excluding hydrogens is 262 g/mol. The van der Waals surface area contributed by atoms with E-state index in [0.29, 0.717) is 11.5 Å². The second-order valence-electron chi connectivity index (χ2n) is 2.94. The maximum absolute atomic E-state index is 10.8. The van der Waals surface area contributed by atoms with Crippen LogP contribution in [0.15, 0.2) is 16.6 Å². The molecule has 1 rings (SSSR count). The van der Waals surface area contributed by atoms with E-state index in [1.54, 1.807) is 26.4 Å². The largest absolute Gasteiger partial charge is 0.493 e. The standard InChI is InChI=1S/C10H12BrNO3/c1-14-8-3-6(4-10(12)13)7(11)5-9(8)15-2/h3,5H,4H2,1-2H3,(H2,12,13). The van der Waals surface area contributed by atoms with Gasteiger partial charge in [-0.3, -0.25) is 4.79 Å². The monoisotopic (exact) mass is 273 g/mol. The first-order chi connectivity index (χ1) is 7.08. The Kier molecular flexibility index (Phi) is 3.96. The summed E-state index contributed by atoms with van der Waals surface area (Å²) in [6.07, 6.45) is 0.168. The molecule has 4 nitrogen and oxygen atoms in total. The first-order valence-corrected chi connectivity index (χ1v) is 5.06. The first kappa shape index (κ1) is 11.8. The fraction of sp³-hybridized carbons (Fsp3) is 0.300. The van der Waals surface area contributed by atoms with E-state index in [2.05, 4.69) is 15.9 Å². The smallest absolute Gasteiger partial charge is 0.221 e. The zero-order valence-electron chi connectivity index (χ0n) is 8.54. The average molecular weight is 274 g/mol. The number of methoxy groups -OCH3 is 2. The lowest BCUT2D eigenvalue weighted by atomic mass is 10.1. The van der Waals surface area contributed by atoms with Gasteiger partial charge in [0, 0.05) is 4.47 Å². The van der Waals surface area contributed by atoms with Crippen molar-refractivity contribution in [3.05, 3.63) is 22.2 Å². The Balaban J connectivity index is 3.13. The third-order valence-corrected chi connectivity index (χ3v) is 2.66. The molecule has 1 amide bonds. The SMILES string of the molecule is COc1cc(Br)c(CC(N)=O)cc1OC. The highest BCUT2D eigenvalue weighted by Gasteiger charge is 2.10. The second-order valence-corrected chi connectivity index (χ2v) is 3.80. The van der Waals surface area contributed by atoms with Gasteiger partial charge in [0.1, 0.15) is 0 Å². The predicted molar refractivity (Wildman–Crippen MR) is 60.1 cm³/mol. The van der Waals surface area contributed by atoms with Gasteiger partial charge in [-0.05, 0) is 17.7 Å². The summed E-state index contributed by atoms with van der Waals surface area (Å²) in [5, 5.41) is 0. The van der Waals surface area contributed by atoms with E-state index in [0.717, 1.165) is 10.0 Å². The number of rotatable bonds is 4. The van der Waals surface area contributed by atoms with Crippen LogP contribution < -0.4 is 15.2 Å². The molecule has 0 atom stereocenters. The van der Waals surface area contributed by atoms with Crippen molar-refractivity contribution in [2.45, 2.75) is 6.42 Å². The molecule has 1 aromatic rings. The number of ether oxygens (including phenoxy) is 2. The van der Waals surface area contributed by atoms with Crippen molar-refractivity contribution >= 4 is 21.8 Å². The van der Waals surface area contributed by atoms with Gasteiger partial charge < -0.3 is 15.2 Å². The van der Waals surface area contributed by atoms with Gasteiger partial charge in [-0.15, -0.1) is 0 Å². The van der Waals surface area contributed by atoms with Crippen LogP contribution in [-0.4, -0.2) is 20.1 Å². The second kappa shape index (κ2) is 5.02. The Hall–Kier alpha value is -1.23. The molecular formula is C10H12BrNO3. The van der Waals surface area contributed by atoms with E-state index < -0.39 is 0 Å². The summed E-state index contributed by atoms with van der Waals surface area (Å²) in [5.41, 5.74) is 5.90. The highest BCUT2D eigenvalue weighted by molar-refractivity contribution is 9.10. The molecule has 0 fully saturated rings. The fourth-order valence-electron chi connectivity index (χ4n) is 1.22. The maximum Gasteiger partial charge on any atom is 0.221 e. The molecule has 1 aromatic carbocycles. The normalized spacial score (nSPS) is 9.80. The molecule has 5 heteroatoms. The minimum absolute atomic E-state index is 0.168. The van der Waals surface area contributed by atoms with E-state index in [1.807, 2.05) is 0 Å². The van der Waals surface area contributed by atoms with Gasteiger partial charge in [-0.25, -0.2) is 0 Å². The number of nitrogens with two attached hydrogens (primary N) is 1. The summed E-state index contributed by atoms with van der Waals surface area (Å²) < 4.78 is 11.0. The maximum atomic E-state index is 10.8. The Morgan fingerprint density at radius 1 is 1.33 bits per heavy atom. The van der Waals surface area contributed by atoms with Crippen molar-refractivity contribution in [3.8, 4) is 11.5 Å². The number of hydrogen-bond acceptors (Lipinski definition) is 3. The van der Waals surface area contributed by atoms with Crippen LogP contribution in [-0.2, 0) is 11.2 Å². The van der Waals surface area contributed by atoms with E-state index in [4.69, 9.17) is 15.2 Å². The summed E-state index contributed by atoms with van der Waals surface area (Å²) in [6.45, 7) is 0. The van der Waals surface area contributed by atoms with Gasteiger partial charge in [0.2, 0.25) is 5.91 Å². The third kappa shape index (κ3) is 2.86. The molecule has 2 N–H and O–H groups in total. The van der Waals surface area contributed by atoms with Crippen molar-refractivity contribution in [3.63, 3.8) is 0 Å². The van der Waals surface area contributed by atoms with Crippen LogP contribution in [0.1, 0.15) is 5.56 Å². The molecule has 0 saturated heterocycles. The Bertz CT molecular complexity index is 379. The highest BCUT2D eigenvalue weighted by atomic mass is 79.9. The molecule has 82 valence electrons. The first-order valence-electron chi connectivity index (χ1n) is 4.27. The van der Waals surface area contributed by atoms with E-state index in [-0.39, 0.29) is 12.3 Å². The van der Waals surface area contributed by atoms with Gasteiger partial charge in [0.25, 0.3) is 0 Å². The van der Waals surface area contributed by atoms with Gasteiger partial charge in [-0.2, -0.15) is 0 Å². The summed E-state index contributed by atoms with van der Waals surface area (Å²) in [5.74, 6) is 0.803. The van der Waals surface area contributed by atoms with Crippen LogP contribution in [0.3, 0.4) is 0 Å². The number of carbonyl (C=O) groups excluding carboxylic acids is 1. The molecule has 15 heavy (non-hydrogen) atoms. The van der Waals surface area contributed by atoms with Crippen molar-refractivity contribution in [1.82, 2.24) is 0 Å². The van der Waals surface area contributed by atoms with Gasteiger partial charge in [0.05, 0.1) is 20.6 Å². The third-order valence-electron chi connectivity index (χ3n) is 1.92. The molecule has 0 aliphatic heterocycles. The van der Waals surface area contributed by atoms with Gasteiger partial charge >= 0.3 is 0 Å². The summed E-state index contributed by atoms with van der Waals surface area (Å²) in [4.78, 5) is 10.8. The Morgan fingerprint density at radius 3 is 2.33 bits per heavy atom. The lowest BCUT2D eigenvalue weighted by Gasteiger charge is -2.10. The molecule has 0 unspecified atom stereocenters.